The molecule has 0 spiro atoms. The van der Waals surface area contributed by atoms with Gasteiger partial charge >= 0.3 is 0 Å². The maximum Gasteiger partial charge on any atom is 0.152 e. The van der Waals surface area contributed by atoms with E-state index in [1.165, 1.54) is 0 Å². The van der Waals surface area contributed by atoms with Gasteiger partial charge in [0.15, 0.2) is 7.85 Å². The molecular formula is C8H17BFN. The average molecular weight is 157 g/mol. The van der Waals surface area contributed by atoms with E-state index in [4.69, 9.17) is 0 Å². The van der Waals surface area contributed by atoms with Crippen LogP contribution in [0.5, 0.6) is 0 Å². The van der Waals surface area contributed by atoms with Gasteiger partial charge in [-0.3, -0.25) is 4.39 Å². The predicted octanol–water partition coefficient (Wildman–Crippen LogP) is 0.645. The molecule has 0 amide bonds. The van der Waals surface area contributed by atoms with E-state index in [1.807, 2.05) is 7.05 Å². The molecule has 0 aromatic carbocycles. The predicted molar refractivity (Wildman–Crippen MR) is 48.3 cm³/mol. The Morgan fingerprint density at radius 1 is 1.64 bits per heavy atom. The first-order chi connectivity index (χ1) is 4.92. The minimum atomic E-state index is -0.955. The van der Waals surface area contributed by atoms with Crippen molar-refractivity contribution in [1.29, 1.82) is 0 Å². The van der Waals surface area contributed by atoms with Gasteiger partial charge in [0.25, 0.3) is 0 Å². The summed E-state index contributed by atoms with van der Waals surface area (Å²) in [5.74, 6) is 0.567. The minimum absolute atomic E-state index is 0.435. The van der Waals surface area contributed by atoms with E-state index in [1.54, 1.807) is 7.85 Å². The molecule has 0 radical (unpaired) electrons. The Labute approximate surface area is 69.4 Å². The van der Waals surface area contributed by atoms with Crippen LogP contribution in [0.2, 0.25) is 0 Å². The summed E-state index contributed by atoms with van der Waals surface area (Å²) in [6.07, 6.45) is 0.696. The van der Waals surface area contributed by atoms with Crippen LogP contribution in [0, 0.1) is 5.92 Å². The van der Waals surface area contributed by atoms with Gasteiger partial charge in [0.05, 0.1) is 5.57 Å². The second-order valence-electron chi connectivity index (χ2n) is 4.34. The molecule has 0 aromatic rings. The molecule has 1 saturated heterocycles. The molecule has 3 heteroatoms. The van der Waals surface area contributed by atoms with Crippen LogP contribution < -0.4 is 0 Å². The largest absolute Gasteiger partial charge is 0.301 e. The number of alkyl halides is 1. The average Bonchev–Trinajstić information content (AvgIpc) is 2.05. The summed E-state index contributed by atoms with van der Waals surface area (Å²) in [4.78, 5) is 2.13. The van der Waals surface area contributed by atoms with Crippen LogP contribution in [-0.4, -0.2) is 37.9 Å². The topological polar surface area (TPSA) is 3.24 Å². The lowest BCUT2D eigenvalue weighted by atomic mass is 9.80. The Kier molecular flexibility index (Phi) is 2.28. The summed E-state index contributed by atoms with van der Waals surface area (Å²) >= 11 is 0. The van der Waals surface area contributed by atoms with Gasteiger partial charge in [-0.15, -0.1) is 0 Å². The highest BCUT2D eigenvalue weighted by atomic mass is 19.1. The van der Waals surface area contributed by atoms with Gasteiger partial charge in [-0.2, -0.15) is 0 Å². The maximum atomic E-state index is 13.4. The number of likely N-dealkylation sites (tertiary alicyclic amines) is 1. The standard InChI is InChI=1S/C8H17BFN/c1-6(2)7-4-8(9,10)5-11(7)3/h6-7H,4-5,9H2,1-3H3. The molecule has 1 heterocycles. The number of rotatable bonds is 1. The van der Waals surface area contributed by atoms with Crippen LogP contribution in [-0.2, 0) is 0 Å². The van der Waals surface area contributed by atoms with Crippen molar-refractivity contribution in [2.45, 2.75) is 31.9 Å². The highest BCUT2D eigenvalue weighted by Crippen LogP contribution is 2.30. The van der Waals surface area contributed by atoms with E-state index in [9.17, 15) is 4.39 Å². The van der Waals surface area contributed by atoms with Crippen molar-refractivity contribution in [1.82, 2.24) is 4.90 Å². The molecule has 64 valence electrons. The molecule has 0 aromatic heterocycles. The second-order valence-corrected chi connectivity index (χ2v) is 4.34. The Hall–Kier alpha value is -0.0451. The van der Waals surface area contributed by atoms with Crippen molar-refractivity contribution in [3.8, 4) is 0 Å². The fourth-order valence-corrected chi connectivity index (χ4v) is 2.04. The summed E-state index contributed by atoms with van der Waals surface area (Å²) in [6, 6.07) is 0.435. The number of nitrogens with zero attached hydrogens (tertiary/aromatic N) is 1. The molecule has 0 N–H and O–H groups in total. The van der Waals surface area contributed by atoms with E-state index in [2.05, 4.69) is 18.7 Å². The summed E-state index contributed by atoms with van der Waals surface area (Å²) < 4.78 is 13.4. The monoisotopic (exact) mass is 157 g/mol. The molecule has 1 aliphatic heterocycles. The second kappa shape index (κ2) is 2.78. The van der Waals surface area contributed by atoms with Crippen molar-refractivity contribution in [3.63, 3.8) is 0 Å². The zero-order valence-electron chi connectivity index (χ0n) is 7.89. The molecule has 1 nitrogen and oxygen atoms in total. The third kappa shape index (κ3) is 1.95. The quantitative estimate of drug-likeness (QED) is 0.505. The molecule has 2 unspecified atom stereocenters. The summed E-state index contributed by atoms with van der Waals surface area (Å²) in [6.45, 7) is 4.90. The van der Waals surface area contributed by atoms with Gasteiger partial charge in [-0.25, -0.2) is 0 Å². The summed E-state index contributed by atoms with van der Waals surface area (Å²) in [5.41, 5.74) is -0.955. The van der Waals surface area contributed by atoms with Crippen molar-refractivity contribution in [2.75, 3.05) is 13.6 Å². The number of halogens is 1. The van der Waals surface area contributed by atoms with Crippen LogP contribution in [0.3, 0.4) is 0 Å². The Balaban J connectivity index is 2.59. The molecular weight excluding hydrogens is 140 g/mol. The molecule has 1 rings (SSSR count). The molecule has 11 heavy (non-hydrogen) atoms. The summed E-state index contributed by atoms with van der Waals surface area (Å²) in [5, 5.41) is 0. The van der Waals surface area contributed by atoms with Gasteiger partial charge in [-0.1, -0.05) is 13.8 Å². The van der Waals surface area contributed by atoms with E-state index in [0.717, 1.165) is 0 Å². The normalized spacial score (nSPS) is 40.3. The van der Waals surface area contributed by atoms with E-state index < -0.39 is 5.57 Å². The molecule has 2 atom stereocenters. The molecule has 1 aliphatic rings. The fraction of sp³-hybridized carbons (Fsp3) is 1.00. The third-order valence-corrected chi connectivity index (χ3v) is 2.55. The molecule has 1 fully saturated rings. The van der Waals surface area contributed by atoms with Crippen LogP contribution in [0.1, 0.15) is 20.3 Å². The summed E-state index contributed by atoms with van der Waals surface area (Å²) in [7, 11) is 3.71. The maximum absolute atomic E-state index is 13.4. The van der Waals surface area contributed by atoms with Crippen molar-refractivity contribution < 1.29 is 4.39 Å². The lowest BCUT2D eigenvalue weighted by Crippen LogP contribution is -2.30. The van der Waals surface area contributed by atoms with Crippen LogP contribution >= 0.6 is 0 Å². The first-order valence-electron chi connectivity index (χ1n) is 4.31. The molecule has 0 aliphatic carbocycles. The number of hydrogen-bond acceptors (Lipinski definition) is 1. The number of hydrogen-bond donors (Lipinski definition) is 0. The lowest BCUT2D eigenvalue weighted by molar-refractivity contribution is 0.244. The highest BCUT2D eigenvalue weighted by molar-refractivity contribution is 6.14. The van der Waals surface area contributed by atoms with Gasteiger partial charge in [-0.05, 0) is 19.4 Å². The molecule has 0 bridgehead atoms. The van der Waals surface area contributed by atoms with Crippen molar-refractivity contribution >= 4 is 7.85 Å². The minimum Gasteiger partial charge on any atom is -0.301 e. The van der Waals surface area contributed by atoms with Gasteiger partial charge in [0, 0.05) is 12.6 Å². The van der Waals surface area contributed by atoms with Gasteiger partial charge < -0.3 is 4.90 Å². The van der Waals surface area contributed by atoms with Crippen LogP contribution in [0.25, 0.3) is 0 Å². The van der Waals surface area contributed by atoms with Crippen molar-refractivity contribution in [2.24, 2.45) is 5.92 Å². The first kappa shape index (κ1) is 9.05. The first-order valence-corrected chi connectivity index (χ1v) is 4.31. The third-order valence-electron chi connectivity index (χ3n) is 2.55. The highest BCUT2D eigenvalue weighted by Gasteiger charge is 2.39. The Morgan fingerprint density at radius 3 is 2.36 bits per heavy atom. The van der Waals surface area contributed by atoms with E-state index in [0.29, 0.717) is 24.9 Å². The Morgan fingerprint density at radius 2 is 2.18 bits per heavy atom. The van der Waals surface area contributed by atoms with Crippen molar-refractivity contribution in [3.05, 3.63) is 0 Å². The SMILES string of the molecule is BC1(F)CC(C(C)C)N(C)C1. The molecule has 0 saturated carbocycles. The zero-order chi connectivity index (χ0) is 8.65. The lowest BCUT2D eigenvalue weighted by Gasteiger charge is -2.22. The smallest absolute Gasteiger partial charge is 0.152 e. The van der Waals surface area contributed by atoms with Crippen LogP contribution in [0.4, 0.5) is 4.39 Å². The Bertz CT molecular complexity index is 147. The van der Waals surface area contributed by atoms with E-state index >= 15 is 0 Å². The van der Waals surface area contributed by atoms with Gasteiger partial charge in [0.2, 0.25) is 0 Å². The van der Waals surface area contributed by atoms with Crippen LogP contribution in [0.15, 0.2) is 0 Å². The fourth-order valence-electron chi connectivity index (χ4n) is 2.04. The zero-order valence-corrected chi connectivity index (χ0v) is 7.89. The van der Waals surface area contributed by atoms with E-state index in [-0.39, 0.29) is 0 Å². The van der Waals surface area contributed by atoms with Gasteiger partial charge in [0.1, 0.15) is 0 Å².